The molecule has 5 heteroatoms. The molecule has 80 valence electrons. The van der Waals surface area contributed by atoms with Gasteiger partial charge in [-0.15, -0.1) is 6.58 Å². The highest BCUT2D eigenvalue weighted by atomic mass is 16.3. The van der Waals surface area contributed by atoms with Gasteiger partial charge in [0.25, 0.3) is 5.91 Å². The van der Waals surface area contributed by atoms with E-state index < -0.39 is 0 Å². The lowest BCUT2D eigenvalue weighted by Gasteiger charge is -2.19. The van der Waals surface area contributed by atoms with Crippen molar-refractivity contribution in [2.75, 3.05) is 19.7 Å². The highest BCUT2D eigenvalue weighted by Gasteiger charge is 2.13. The molecule has 0 unspecified atom stereocenters. The van der Waals surface area contributed by atoms with Crippen molar-refractivity contribution < 1.29 is 9.90 Å². The SMILES string of the molecule is C=CCN(CCO)C(=O)c1ccnnc1. The number of aliphatic hydroxyl groups is 1. The molecule has 0 radical (unpaired) electrons. The second-order valence-electron chi connectivity index (χ2n) is 2.89. The molecule has 0 aliphatic carbocycles. The van der Waals surface area contributed by atoms with E-state index >= 15 is 0 Å². The predicted molar refractivity (Wildman–Crippen MR) is 55.2 cm³/mol. The molecule has 0 saturated carbocycles. The minimum absolute atomic E-state index is 0.0713. The Morgan fingerprint density at radius 2 is 2.40 bits per heavy atom. The van der Waals surface area contributed by atoms with Gasteiger partial charge in [0.2, 0.25) is 0 Å². The predicted octanol–water partition coefficient (Wildman–Crippen LogP) is 0.0971. The van der Waals surface area contributed by atoms with Crippen LogP contribution in [0.3, 0.4) is 0 Å². The number of aromatic nitrogens is 2. The Balaban J connectivity index is 2.76. The van der Waals surface area contributed by atoms with Crippen molar-refractivity contribution in [2.45, 2.75) is 0 Å². The molecule has 0 aromatic carbocycles. The first-order valence-corrected chi connectivity index (χ1v) is 4.57. The molecule has 15 heavy (non-hydrogen) atoms. The van der Waals surface area contributed by atoms with E-state index in [-0.39, 0.29) is 19.1 Å². The lowest BCUT2D eigenvalue weighted by Crippen LogP contribution is -2.33. The molecule has 1 heterocycles. The maximum absolute atomic E-state index is 11.8. The monoisotopic (exact) mass is 207 g/mol. The van der Waals surface area contributed by atoms with Crippen molar-refractivity contribution in [3.05, 3.63) is 36.7 Å². The molecule has 0 fully saturated rings. The summed E-state index contributed by atoms with van der Waals surface area (Å²) in [6.07, 6.45) is 4.47. The van der Waals surface area contributed by atoms with Gasteiger partial charge in [-0.05, 0) is 6.07 Å². The first-order valence-electron chi connectivity index (χ1n) is 4.57. The summed E-state index contributed by atoms with van der Waals surface area (Å²) in [5.74, 6) is -0.182. The van der Waals surface area contributed by atoms with Crippen LogP contribution in [0.5, 0.6) is 0 Å². The van der Waals surface area contributed by atoms with Crippen molar-refractivity contribution in [2.24, 2.45) is 0 Å². The van der Waals surface area contributed by atoms with E-state index in [1.807, 2.05) is 0 Å². The molecular formula is C10H13N3O2. The molecule has 0 saturated heterocycles. The van der Waals surface area contributed by atoms with Crippen LogP contribution in [0.4, 0.5) is 0 Å². The van der Waals surface area contributed by atoms with Gasteiger partial charge in [0, 0.05) is 13.1 Å². The molecule has 5 nitrogen and oxygen atoms in total. The van der Waals surface area contributed by atoms with Crippen LogP contribution >= 0.6 is 0 Å². The number of hydrogen-bond acceptors (Lipinski definition) is 4. The van der Waals surface area contributed by atoms with Crippen molar-refractivity contribution in [3.63, 3.8) is 0 Å². The van der Waals surface area contributed by atoms with Crippen LogP contribution in [-0.4, -0.2) is 45.8 Å². The van der Waals surface area contributed by atoms with Crippen molar-refractivity contribution in [1.29, 1.82) is 0 Å². The molecule has 0 aliphatic rings. The van der Waals surface area contributed by atoms with E-state index in [0.29, 0.717) is 12.1 Å². The quantitative estimate of drug-likeness (QED) is 0.695. The molecular weight excluding hydrogens is 194 g/mol. The minimum Gasteiger partial charge on any atom is -0.395 e. The zero-order chi connectivity index (χ0) is 11.1. The highest BCUT2D eigenvalue weighted by Crippen LogP contribution is 2.01. The Bertz CT molecular complexity index is 327. The summed E-state index contributed by atoms with van der Waals surface area (Å²) < 4.78 is 0. The van der Waals surface area contributed by atoms with Crippen molar-refractivity contribution >= 4 is 5.91 Å². The third-order valence-electron chi connectivity index (χ3n) is 1.84. The van der Waals surface area contributed by atoms with Gasteiger partial charge in [-0.1, -0.05) is 6.08 Å². The molecule has 0 atom stereocenters. The molecule has 1 aromatic heterocycles. The number of rotatable bonds is 5. The topological polar surface area (TPSA) is 66.3 Å². The average Bonchev–Trinajstić information content (AvgIpc) is 2.29. The third-order valence-corrected chi connectivity index (χ3v) is 1.84. The number of carbonyl (C=O) groups excluding carboxylic acids is 1. The van der Waals surface area contributed by atoms with Crippen LogP contribution < -0.4 is 0 Å². The lowest BCUT2D eigenvalue weighted by molar-refractivity contribution is 0.0742. The summed E-state index contributed by atoms with van der Waals surface area (Å²) in [6.45, 7) is 4.17. The average molecular weight is 207 g/mol. The summed E-state index contributed by atoms with van der Waals surface area (Å²) in [7, 11) is 0. The normalized spacial score (nSPS) is 9.67. The van der Waals surface area contributed by atoms with Crippen molar-refractivity contribution in [3.8, 4) is 0 Å². The Kier molecular flexibility index (Phi) is 4.43. The summed E-state index contributed by atoms with van der Waals surface area (Å²) in [5, 5.41) is 16.0. The molecule has 1 aromatic rings. The Morgan fingerprint density at radius 3 is 2.93 bits per heavy atom. The first kappa shape index (κ1) is 11.3. The van der Waals surface area contributed by atoms with Gasteiger partial charge in [-0.25, -0.2) is 0 Å². The van der Waals surface area contributed by atoms with E-state index in [9.17, 15) is 4.79 Å². The van der Waals surface area contributed by atoms with Crippen LogP contribution in [0.1, 0.15) is 10.4 Å². The first-order chi connectivity index (χ1) is 7.29. The molecule has 0 aliphatic heterocycles. The van der Waals surface area contributed by atoms with E-state index in [4.69, 9.17) is 5.11 Å². The Hall–Kier alpha value is -1.75. The second kappa shape index (κ2) is 5.87. The minimum atomic E-state index is -0.182. The zero-order valence-corrected chi connectivity index (χ0v) is 8.33. The summed E-state index contributed by atoms with van der Waals surface area (Å²) in [4.78, 5) is 13.3. The molecule has 1 rings (SSSR count). The lowest BCUT2D eigenvalue weighted by atomic mass is 10.2. The summed E-state index contributed by atoms with van der Waals surface area (Å²) in [5.41, 5.74) is 0.459. The second-order valence-corrected chi connectivity index (χ2v) is 2.89. The maximum Gasteiger partial charge on any atom is 0.255 e. The van der Waals surface area contributed by atoms with Gasteiger partial charge >= 0.3 is 0 Å². The Labute approximate surface area is 88.1 Å². The van der Waals surface area contributed by atoms with Crippen LogP contribution in [-0.2, 0) is 0 Å². The highest BCUT2D eigenvalue weighted by molar-refractivity contribution is 5.93. The maximum atomic E-state index is 11.8. The van der Waals surface area contributed by atoms with Gasteiger partial charge in [0.15, 0.2) is 0 Å². The van der Waals surface area contributed by atoms with Crippen LogP contribution in [0.2, 0.25) is 0 Å². The largest absolute Gasteiger partial charge is 0.395 e. The van der Waals surface area contributed by atoms with Gasteiger partial charge in [0.05, 0.1) is 24.6 Å². The van der Waals surface area contributed by atoms with Gasteiger partial charge < -0.3 is 10.0 Å². The van der Waals surface area contributed by atoms with Crippen molar-refractivity contribution in [1.82, 2.24) is 15.1 Å². The van der Waals surface area contributed by atoms with E-state index in [2.05, 4.69) is 16.8 Å². The fourth-order valence-electron chi connectivity index (χ4n) is 1.15. The van der Waals surface area contributed by atoms with Gasteiger partial charge in [-0.2, -0.15) is 10.2 Å². The summed E-state index contributed by atoms with van der Waals surface area (Å²) >= 11 is 0. The fraction of sp³-hybridized carbons (Fsp3) is 0.300. The zero-order valence-electron chi connectivity index (χ0n) is 8.33. The molecule has 0 bridgehead atoms. The summed E-state index contributed by atoms with van der Waals surface area (Å²) in [6, 6.07) is 1.59. The number of carbonyl (C=O) groups is 1. The molecule has 1 N–H and O–H groups in total. The van der Waals surface area contributed by atoms with E-state index in [1.165, 1.54) is 17.3 Å². The Morgan fingerprint density at radius 1 is 1.60 bits per heavy atom. The standard InChI is InChI=1S/C10H13N3O2/c1-2-5-13(6-7-14)10(15)9-3-4-11-12-8-9/h2-4,8,14H,1,5-7H2. The van der Waals surface area contributed by atoms with Gasteiger partial charge in [0.1, 0.15) is 0 Å². The number of aliphatic hydroxyl groups excluding tert-OH is 1. The van der Waals surface area contributed by atoms with Crippen LogP contribution in [0.15, 0.2) is 31.1 Å². The molecule has 0 spiro atoms. The van der Waals surface area contributed by atoms with Crippen LogP contribution in [0.25, 0.3) is 0 Å². The van der Waals surface area contributed by atoms with Crippen LogP contribution in [0, 0.1) is 0 Å². The number of hydrogen-bond donors (Lipinski definition) is 1. The smallest absolute Gasteiger partial charge is 0.255 e. The third kappa shape index (κ3) is 3.14. The van der Waals surface area contributed by atoms with Gasteiger partial charge in [-0.3, -0.25) is 4.79 Å². The number of nitrogens with zero attached hydrogens (tertiary/aromatic N) is 3. The van der Waals surface area contributed by atoms with E-state index in [1.54, 1.807) is 12.1 Å². The van der Waals surface area contributed by atoms with E-state index in [0.717, 1.165) is 0 Å². The fourth-order valence-corrected chi connectivity index (χ4v) is 1.15. The molecule has 1 amide bonds. The number of amides is 1.